The first kappa shape index (κ1) is 13.9. The van der Waals surface area contributed by atoms with E-state index in [0.717, 1.165) is 27.7 Å². The van der Waals surface area contributed by atoms with Crippen LogP contribution in [-0.2, 0) is 0 Å². The summed E-state index contributed by atoms with van der Waals surface area (Å²) < 4.78 is 1.93. The van der Waals surface area contributed by atoms with Gasteiger partial charge in [0.25, 0.3) is 0 Å². The molecule has 0 aliphatic heterocycles. The Kier molecular flexibility index (Phi) is 5.21. The van der Waals surface area contributed by atoms with Crippen molar-refractivity contribution in [3.8, 4) is 0 Å². The van der Waals surface area contributed by atoms with E-state index in [1.807, 2.05) is 6.07 Å². The van der Waals surface area contributed by atoms with Crippen LogP contribution in [0.15, 0.2) is 21.2 Å². The summed E-state index contributed by atoms with van der Waals surface area (Å²) in [5.41, 5.74) is 5.76. The van der Waals surface area contributed by atoms with Crippen molar-refractivity contribution in [1.29, 1.82) is 0 Å². The van der Waals surface area contributed by atoms with Crippen LogP contribution in [0.5, 0.6) is 0 Å². The molecule has 0 fully saturated rings. The Labute approximate surface area is 113 Å². The first-order chi connectivity index (χ1) is 7.44. The fourth-order valence-electron chi connectivity index (χ4n) is 1.35. The number of pyridine rings is 1. The lowest BCUT2D eigenvalue weighted by Crippen LogP contribution is -2.26. The zero-order valence-electron chi connectivity index (χ0n) is 9.56. The van der Waals surface area contributed by atoms with E-state index < -0.39 is 0 Å². The zero-order chi connectivity index (χ0) is 12.2. The van der Waals surface area contributed by atoms with Gasteiger partial charge >= 0.3 is 0 Å². The second-order valence-electron chi connectivity index (χ2n) is 4.54. The molecule has 1 aromatic rings. The van der Waals surface area contributed by atoms with Crippen LogP contribution in [0, 0.1) is 5.41 Å². The van der Waals surface area contributed by atoms with E-state index in [1.165, 1.54) is 0 Å². The largest absolute Gasteiger partial charge is 0.369 e. The van der Waals surface area contributed by atoms with Crippen molar-refractivity contribution in [2.75, 3.05) is 18.4 Å². The van der Waals surface area contributed by atoms with Gasteiger partial charge in [0.1, 0.15) is 5.82 Å². The van der Waals surface area contributed by atoms with E-state index in [1.54, 1.807) is 6.20 Å². The second-order valence-corrected chi connectivity index (χ2v) is 6.31. The van der Waals surface area contributed by atoms with Crippen molar-refractivity contribution in [2.45, 2.75) is 20.3 Å². The molecule has 1 heterocycles. The SMILES string of the molecule is CC(C)(CCN)CNc1ncc(Br)cc1Br. The minimum Gasteiger partial charge on any atom is -0.369 e. The topological polar surface area (TPSA) is 50.9 Å². The van der Waals surface area contributed by atoms with Gasteiger partial charge in [-0.3, -0.25) is 0 Å². The predicted molar refractivity (Wildman–Crippen MR) is 75.6 cm³/mol. The average Bonchev–Trinajstić information content (AvgIpc) is 2.16. The lowest BCUT2D eigenvalue weighted by Gasteiger charge is -2.24. The predicted octanol–water partition coefficient (Wildman–Crippen LogP) is 3.39. The summed E-state index contributed by atoms with van der Waals surface area (Å²) in [6.45, 7) is 5.96. The molecule has 0 bridgehead atoms. The lowest BCUT2D eigenvalue weighted by atomic mass is 9.89. The summed E-state index contributed by atoms with van der Waals surface area (Å²) in [6.07, 6.45) is 2.77. The minimum absolute atomic E-state index is 0.183. The minimum atomic E-state index is 0.183. The standard InChI is InChI=1S/C11H17Br2N3/c1-11(2,3-4-14)7-16-10-9(13)5-8(12)6-15-10/h5-6H,3-4,7,14H2,1-2H3,(H,15,16). The first-order valence-electron chi connectivity index (χ1n) is 5.19. The van der Waals surface area contributed by atoms with Crippen LogP contribution in [0.25, 0.3) is 0 Å². The fraction of sp³-hybridized carbons (Fsp3) is 0.545. The summed E-state index contributed by atoms with van der Waals surface area (Å²) in [7, 11) is 0. The molecule has 0 amide bonds. The Morgan fingerprint density at radius 2 is 2.12 bits per heavy atom. The maximum absolute atomic E-state index is 5.57. The van der Waals surface area contributed by atoms with Gasteiger partial charge in [-0.2, -0.15) is 0 Å². The molecule has 1 rings (SSSR count). The summed E-state index contributed by atoms with van der Waals surface area (Å²) in [6, 6.07) is 1.98. The molecule has 0 saturated heterocycles. The van der Waals surface area contributed by atoms with Gasteiger partial charge in [-0.15, -0.1) is 0 Å². The number of anilines is 1. The molecule has 3 N–H and O–H groups in total. The molecule has 0 aromatic carbocycles. The second kappa shape index (κ2) is 5.98. The highest BCUT2D eigenvalue weighted by Crippen LogP contribution is 2.26. The van der Waals surface area contributed by atoms with Crippen LogP contribution in [0.4, 0.5) is 5.82 Å². The van der Waals surface area contributed by atoms with Gasteiger partial charge in [-0.25, -0.2) is 4.98 Å². The number of rotatable bonds is 5. The van der Waals surface area contributed by atoms with Crippen molar-refractivity contribution in [1.82, 2.24) is 4.98 Å². The van der Waals surface area contributed by atoms with Crippen molar-refractivity contribution >= 4 is 37.7 Å². The number of halogens is 2. The molecule has 1 aromatic heterocycles. The molecule has 0 unspecified atom stereocenters. The number of nitrogens with two attached hydrogens (primary N) is 1. The van der Waals surface area contributed by atoms with Gasteiger partial charge in [-0.1, -0.05) is 13.8 Å². The van der Waals surface area contributed by atoms with E-state index >= 15 is 0 Å². The molecule has 90 valence electrons. The van der Waals surface area contributed by atoms with Crippen LogP contribution < -0.4 is 11.1 Å². The number of hydrogen-bond acceptors (Lipinski definition) is 3. The normalized spacial score (nSPS) is 11.6. The van der Waals surface area contributed by atoms with Crippen LogP contribution in [0.3, 0.4) is 0 Å². The maximum Gasteiger partial charge on any atom is 0.140 e. The first-order valence-corrected chi connectivity index (χ1v) is 6.78. The third-order valence-corrected chi connectivity index (χ3v) is 3.40. The van der Waals surface area contributed by atoms with Gasteiger partial charge in [0.05, 0.1) is 4.47 Å². The average molecular weight is 351 g/mol. The van der Waals surface area contributed by atoms with E-state index in [4.69, 9.17) is 5.73 Å². The van der Waals surface area contributed by atoms with Gasteiger partial charge in [0.15, 0.2) is 0 Å². The molecular formula is C11H17Br2N3. The summed E-state index contributed by atoms with van der Waals surface area (Å²) in [4.78, 5) is 4.30. The Bertz CT molecular complexity index is 353. The smallest absolute Gasteiger partial charge is 0.140 e. The highest BCUT2D eigenvalue weighted by Gasteiger charge is 2.17. The molecule has 16 heavy (non-hydrogen) atoms. The Hall–Kier alpha value is -0.130. The monoisotopic (exact) mass is 349 g/mol. The quantitative estimate of drug-likeness (QED) is 0.855. The van der Waals surface area contributed by atoms with Gasteiger partial charge in [0.2, 0.25) is 0 Å². The molecule has 0 atom stereocenters. The fourth-order valence-corrected chi connectivity index (χ4v) is 2.47. The lowest BCUT2D eigenvalue weighted by molar-refractivity contribution is 0.365. The number of hydrogen-bond donors (Lipinski definition) is 2. The van der Waals surface area contributed by atoms with Crippen molar-refractivity contribution in [2.24, 2.45) is 11.1 Å². The van der Waals surface area contributed by atoms with Crippen LogP contribution in [0.1, 0.15) is 20.3 Å². The molecule has 3 nitrogen and oxygen atoms in total. The van der Waals surface area contributed by atoms with E-state index in [0.29, 0.717) is 6.54 Å². The molecule has 0 aliphatic rings. The third-order valence-electron chi connectivity index (χ3n) is 2.36. The van der Waals surface area contributed by atoms with Crippen molar-refractivity contribution in [3.05, 3.63) is 21.2 Å². The van der Waals surface area contributed by atoms with Crippen molar-refractivity contribution in [3.63, 3.8) is 0 Å². The van der Waals surface area contributed by atoms with Gasteiger partial charge < -0.3 is 11.1 Å². The van der Waals surface area contributed by atoms with Gasteiger partial charge in [-0.05, 0) is 56.3 Å². The highest BCUT2D eigenvalue weighted by molar-refractivity contribution is 9.11. The van der Waals surface area contributed by atoms with Crippen LogP contribution >= 0.6 is 31.9 Å². The molecule has 0 saturated carbocycles. The van der Waals surface area contributed by atoms with E-state index in [2.05, 4.69) is 56.0 Å². The third kappa shape index (κ3) is 4.39. The zero-order valence-corrected chi connectivity index (χ0v) is 12.7. The summed E-state index contributed by atoms with van der Waals surface area (Å²) >= 11 is 6.85. The Balaban J connectivity index is 2.61. The van der Waals surface area contributed by atoms with Crippen LogP contribution in [-0.4, -0.2) is 18.1 Å². The maximum atomic E-state index is 5.57. The van der Waals surface area contributed by atoms with E-state index in [9.17, 15) is 0 Å². The van der Waals surface area contributed by atoms with Gasteiger partial charge in [0, 0.05) is 17.2 Å². The molecule has 0 aliphatic carbocycles. The highest BCUT2D eigenvalue weighted by atomic mass is 79.9. The summed E-state index contributed by atoms with van der Waals surface area (Å²) in [5, 5.41) is 3.33. The Morgan fingerprint density at radius 3 is 2.69 bits per heavy atom. The number of nitrogens with one attached hydrogen (secondary N) is 1. The number of nitrogens with zero attached hydrogens (tertiary/aromatic N) is 1. The molecular weight excluding hydrogens is 334 g/mol. The van der Waals surface area contributed by atoms with E-state index in [-0.39, 0.29) is 5.41 Å². The van der Waals surface area contributed by atoms with Crippen molar-refractivity contribution < 1.29 is 0 Å². The molecule has 0 radical (unpaired) electrons. The molecule has 5 heteroatoms. The Morgan fingerprint density at radius 1 is 1.44 bits per heavy atom. The van der Waals surface area contributed by atoms with Crippen LogP contribution in [0.2, 0.25) is 0 Å². The summed E-state index contributed by atoms with van der Waals surface area (Å²) in [5.74, 6) is 0.869. The molecule has 0 spiro atoms. The number of aromatic nitrogens is 1.